The van der Waals surface area contributed by atoms with Gasteiger partial charge in [-0.2, -0.15) is 5.10 Å². The molecule has 26 heavy (non-hydrogen) atoms. The zero-order valence-electron chi connectivity index (χ0n) is 16.4. The number of aromatic nitrogens is 2. The molecule has 2 aromatic heterocycles. The average Bonchev–Trinajstić information content (AvgIpc) is 3.11. The van der Waals surface area contributed by atoms with E-state index >= 15 is 0 Å². The monoisotopic (exact) mass is 379 g/mol. The maximum absolute atomic E-state index is 12.3. The molecule has 2 heterocycles. The third-order valence-electron chi connectivity index (χ3n) is 4.21. The summed E-state index contributed by atoms with van der Waals surface area (Å²) in [6.45, 7) is 9.57. The van der Waals surface area contributed by atoms with Crippen LogP contribution in [0.1, 0.15) is 43.1 Å². The number of hydrogen-bond donors (Lipinski definition) is 2. The Balaban J connectivity index is 2.06. The molecule has 0 fully saturated rings. The average molecular weight is 380 g/mol. The van der Waals surface area contributed by atoms with Gasteiger partial charge in [0, 0.05) is 25.0 Å². The van der Waals surface area contributed by atoms with Crippen LogP contribution in [0.3, 0.4) is 0 Å². The minimum Gasteiger partial charge on any atom is -0.351 e. The van der Waals surface area contributed by atoms with E-state index in [-0.39, 0.29) is 11.8 Å². The standard InChI is InChI=1S/C18H29N5O2S/c1-11(2)8-20-17(25)15-7-13-14(21-23(6)18(13)26-15)9-19-16(24)10-22(5)12(3)4/h7,11-12H,8-10H2,1-6H3,(H,19,24)(H,20,25). The highest BCUT2D eigenvalue weighted by molar-refractivity contribution is 7.20. The summed E-state index contributed by atoms with van der Waals surface area (Å²) in [5.74, 6) is 0.309. The maximum atomic E-state index is 12.3. The first-order valence-corrected chi connectivity index (χ1v) is 9.71. The smallest absolute Gasteiger partial charge is 0.261 e. The molecule has 0 aliphatic rings. The Hall–Kier alpha value is -1.93. The number of nitrogens with zero attached hydrogens (tertiary/aromatic N) is 3. The van der Waals surface area contributed by atoms with Gasteiger partial charge in [-0.3, -0.25) is 19.2 Å². The molecule has 2 N–H and O–H groups in total. The van der Waals surface area contributed by atoms with Crippen molar-refractivity contribution in [2.45, 2.75) is 40.3 Å². The first-order chi connectivity index (χ1) is 12.2. The zero-order chi connectivity index (χ0) is 19.4. The number of aryl methyl sites for hydroxylation is 1. The van der Waals surface area contributed by atoms with Crippen molar-refractivity contribution in [3.63, 3.8) is 0 Å². The number of carbonyl (C=O) groups excluding carboxylic acids is 2. The third-order valence-corrected chi connectivity index (χ3v) is 5.41. The van der Waals surface area contributed by atoms with E-state index in [9.17, 15) is 9.59 Å². The van der Waals surface area contributed by atoms with Gasteiger partial charge in [0.1, 0.15) is 4.83 Å². The van der Waals surface area contributed by atoms with Gasteiger partial charge in [0.15, 0.2) is 0 Å². The first kappa shape index (κ1) is 20.4. The normalized spacial score (nSPS) is 11.7. The highest BCUT2D eigenvalue weighted by atomic mass is 32.1. The quantitative estimate of drug-likeness (QED) is 0.735. The third kappa shape index (κ3) is 5.04. The van der Waals surface area contributed by atoms with Crippen LogP contribution in [-0.2, 0) is 18.4 Å². The number of hydrogen-bond acceptors (Lipinski definition) is 5. The summed E-state index contributed by atoms with van der Waals surface area (Å²) >= 11 is 1.42. The van der Waals surface area contributed by atoms with Crippen LogP contribution in [0.2, 0.25) is 0 Å². The Labute approximate surface area is 158 Å². The van der Waals surface area contributed by atoms with Crippen molar-refractivity contribution in [3.8, 4) is 0 Å². The minimum absolute atomic E-state index is 0.0369. The zero-order valence-corrected chi connectivity index (χ0v) is 17.2. The Morgan fingerprint density at radius 2 is 1.96 bits per heavy atom. The van der Waals surface area contributed by atoms with Gasteiger partial charge in [-0.05, 0) is 32.9 Å². The van der Waals surface area contributed by atoms with Crippen LogP contribution in [0.5, 0.6) is 0 Å². The number of thiophene rings is 1. The summed E-state index contributed by atoms with van der Waals surface area (Å²) in [5.41, 5.74) is 0.780. The second-order valence-electron chi connectivity index (χ2n) is 7.29. The molecule has 0 aliphatic heterocycles. The molecule has 0 spiro atoms. The fourth-order valence-corrected chi connectivity index (χ4v) is 3.39. The topological polar surface area (TPSA) is 79.3 Å². The van der Waals surface area contributed by atoms with Gasteiger partial charge in [0.25, 0.3) is 5.91 Å². The van der Waals surface area contributed by atoms with E-state index in [0.717, 1.165) is 15.9 Å². The summed E-state index contributed by atoms with van der Waals surface area (Å²) < 4.78 is 1.76. The predicted octanol–water partition coefficient (Wildman–Crippen LogP) is 1.98. The van der Waals surface area contributed by atoms with Gasteiger partial charge in [-0.1, -0.05) is 13.8 Å². The summed E-state index contributed by atoms with van der Waals surface area (Å²) in [6.07, 6.45) is 0. The second kappa shape index (κ2) is 8.64. The number of rotatable bonds is 8. The molecule has 7 nitrogen and oxygen atoms in total. The van der Waals surface area contributed by atoms with E-state index in [2.05, 4.69) is 29.6 Å². The van der Waals surface area contributed by atoms with Gasteiger partial charge in [0.05, 0.1) is 23.7 Å². The Morgan fingerprint density at radius 1 is 1.27 bits per heavy atom. The molecular weight excluding hydrogens is 350 g/mol. The molecule has 2 aromatic rings. The first-order valence-electron chi connectivity index (χ1n) is 8.89. The molecule has 0 saturated carbocycles. The fraction of sp³-hybridized carbons (Fsp3) is 0.611. The molecule has 0 unspecified atom stereocenters. The SMILES string of the molecule is CC(C)CNC(=O)c1cc2c(CNC(=O)CN(C)C(C)C)nn(C)c2s1. The molecule has 0 aliphatic carbocycles. The lowest BCUT2D eigenvalue weighted by molar-refractivity contribution is -0.122. The summed E-state index contributed by atoms with van der Waals surface area (Å²) in [4.78, 5) is 28.0. The molecule has 0 atom stereocenters. The van der Waals surface area contributed by atoms with E-state index in [1.165, 1.54) is 11.3 Å². The largest absolute Gasteiger partial charge is 0.351 e. The van der Waals surface area contributed by atoms with Gasteiger partial charge in [-0.25, -0.2) is 0 Å². The van der Waals surface area contributed by atoms with Crippen LogP contribution < -0.4 is 10.6 Å². The molecule has 0 saturated heterocycles. The summed E-state index contributed by atoms with van der Waals surface area (Å²) in [7, 11) is 3.77. The predicted molar refractivity (Wildman–Crippen MR) is 105 cm³/mol. The van der Waals surface area contributed by atoms with Crippen molar-refractivity contribution in [1.82, 2.24) is 25.3 Å². The van der Waals surface area contributed by atoms with Crippen LogP contribution in [0.4, 0.5) is 0 Å². The van der Waals surface area contributed by atoms with Crippen molar-refractivity contribution in [3.05, 3.63) is 16.6 Å². The van der Waals surface area contributed by atoms with Gasteiger partial charge >= 0.3 is 0 Å². The Bertz CT molecular complexity index is 778. The van der Waals surface area contributed by atoms with E-state index < -0.39 is 0 Å². The van der Waals surface area contributed by atoms with Crippen molar-refractivity contribution in [2.75, 3.05) is 20.1 Å². The van der Waals surface area contributed by atoms with Crippen molar-refractivity contribution in [1.29, 1.82) is 0 Å². The van der Waals surface area contributed by atoms with Crippen LogP contribution in [0.25, 0.3) is 10.2 Å². The Morgan fingerprint density at radius 3 is 2.58 bits per heavy atom. The maximum Gasteiger partial charge on any atom is 0.261 e. The van der Waals surface area contributed by atoms with E-state index in [1.54, 1.807) is 4.68 Å². The minimum atomic E-state index is -0.0616. The lowest BCUT2D eigenvalue weighted by Crippen LogP contribution is -2.38. The molecule has 0 radical (unpaired) electrons. The lowest BCUT2D eigenvalue weighted by atomic mass is 10.2. The molecule has 0 bridgehead atoms. The highest BCUT2D eigenvalue weighted by Crippen LogP contribution is 2.28. The van der Waals surface area contributed by atoms with E-state index in [0.29, 0.717) is 36.5 Å². The van der Waals surface area contributed by atoms with Gasteiger partial charge in [-0.15, -0.1) is 11.3 Å². The molecule has 2 amide bonds. The van der Waals surface area contributed by atoms with Gasteiger partial charge in [0.2, 0.25) is 5.91 Å². The van der Waals surface area contributed by atoms with E-state index in [4.69, 9.17) is 0 Å². The van der Waals surface area contributed by atoms with Crippen molar-refractivity contribution >= 4 is 33.4 Å². The number of carbonyl (C=O) groups is 2. The number of amides is 2. The summed E-state index contributed by atoms with van der Waals surface area (Å²) in [5, 5.41) is 11.3. The summed E-state index contributed by atoms with van der Waals surface area (Å²) in [6, 6.07) is 2.18. The lowest BCUT2D eigenvalue weighted by Gasteiger charge is -2.19. The fourth-order valence-electron chi connectivity index (χ4n) is 2.38. The number of likely N-dealkylation sites (N-methyl/N-ethyl adjacent to an activating group) is 1. The van der Waals surface area contributed by atoms with Crippen LogP contribution in [0.15, 0.2) is 6.07 Å². The highest BCUT2D eigenvalue weighted by Gasteiger charge is 2.18. The molecular formula is C18H29N5O2S. The number of nitrogens with one attached hydrogen (secondary N) is 2. The second-order valence-corrected chi connectivity index (χ2v) is 8.32. The van der Waals surface area contributed by atoms with Crippen LogP contribution in [-0.4, -0.2) is 52.7 Å². The van der Waals surface area contributed by atoms with Crippen molar-refractivity contribution < 1.29 is 9.59 Å². The molecule has 144 valence electrons. The van der Waals surface area contributed by atoms with Crippen LogP contribution >= 0.6 is 11.3 Å². The van der Waals surface area contributed by atoms with Gasteiger partial charge < -0.3 is 10.6 Å². The number of fused-ring (bicyclic) bond motifs is 1. The Kier molecular flexibility index (Phi) is 6.77. The van der Waals surface area contributed by atoms with Crippen LogP contribution in [0, 0.1) is 5.92 Å². The van der Waals surface area contributed by atoms with E-state index in [1.807, 2.05) is 38.9 Å². The molecule has 0 aromatic carbocycles. The van der Waals surface area contributed by atoms with Crippen molar-refractivity contribution in [2.24, 2.45) is 13.0 Å². The molecule has 2 rings (SSSR count). The molecule has 8 heteroatoms.